The molecule has 0 aromatic heterocycles. The summed E-state index contributed by atoms with van der Waals surface area (Å²) in [5.74, 6) is 0. The first-order chi connectivity index (χ1) is 5.67. The second-order valence-corrected chi connectivity index (χ2v) is 5.34. The van der Waals surface area contributed by atoms with E-state index in [1.165, 1.54) is 5.57 Å². The molecule has 0 aromatic rings. The minimum atomic E-state index is -0.570. The predicted molar refractivity (Wildman–Crippen MR) is 58.7 cm³/mol. The zero-order valence-electron chi connectivity index (χ0n) is 9.94. The highest BCUT2D eigenvalue weighted by molar-refractivity contribution is 4.96. The molecule has 1 nitrogen and oxygen atoms in total. The zero-order valence-corrected chi connectivity index (χ0v) is 9.94. The fourth-order valence-electron chi connectivity index (χ4n) is 1.02. The van der Waals surface area contributed by atoms with Crippen molar-refractivity contribution in [3.05, 3.63) is 11.6 Å². The summed E-state index contributed by atoms with van der Waals surface area (Å²) in [5.41, 5.74) is 0.714. The number of hydrogen-bond donors (Lipinski definition) is 1. The maximum atomic E-state index is 10.1. The Kier molecular flexibility index (Phi) is 4.18. The van der Waals surface area contributed by atoms with Crippen LogP contribution in [0, 0.1) is 5.41 Å². The second kappa shape index (κ2) is 4.28. The lowest BCUT2D eigenvalue weighted by Crippen LogP contribution is -2.39. The topological polar surface area (TPSA) is 20.2 Å². The lowest BCUT2D eigenvalue weighted by Gasteiger charge is -2.37. The average Bonchev–Trinajstić information content (AvgIpc) is 1.82. The first-order valence-electron chi connectivity index (χ1n) is 5.02. The summed E-state index contributed by atoms with van der Waals surface area (Å²) in [5, 5.41) is 10.1. The Morgan fingerprint density at radius 2 is 1.62 bits per heavy atom. The number of allylic oxidation sites excluding steroid dienone is 2. The Morgan fingerprint density at radius 1 is 1.15 bits per heavy atom. The molecular formula is C12H24O. The number of rotatable bonds is 3. The first kappa shape index (κ1) is 12.7. The third-order valence-electron chi connectivity index (χ3n) is 2.80. The quantitative estimate of drug-likeness (QED) is 0.665. The van der Waals surface area contributed by atoms with Crippen molar-refractivity contribution in [2.75, 3.05) is 0 Å². The highest BCUT2D eigenvalue weighted by atomic mass is 16.3. The van der Waals surface area contributed by atoms with Gasteiger partial charge < -0.3 is 5.11 Å². The standard InChI is InChI=1S/C12H24O/c1-10(2)8-7-9-12(6,13)11(3,4)5/h8,13H,7,9H2,1-6H3/t12-/m0/s1. The molecular weight excluding hydrogens is 160 g/mol. The van der Waals surface area contributed by atoms with Crippen LogP contribution >= 0.6 is 0 Å². The van der Waals surface area contributed by atoms with E-state index in [9.17, 15) is 5.11 Å². The van der Waals surface area contributed by atoms with Crippen molar-refractivity contribution in [2.45, 2.75) is 60.0 Å². The molecule has 0 rings (SSSR count). The third kappa shape index (κ3) is 4.47. The van der Waals surface area contributed by atoms with Gasteiger partial charge in [0.2, 0.25) is 0 Å². The molecule has 0 spiro atoms. The Balaban J connectivity index is 4.12. The summed E-state index contributed by atoms with van der Waals surface area (Å²) in [6.45, 7) is 12.3. The molecule has 0 unspecified atom stereocenters. The van der Waals surface area contributed by atoms with Crippen LogP contribution in [0.15, 0.2) is 11.6 Å². The van der Waals surface area contributed by atoms with E-state index in [4.69, 9.17) is 0 Å². The van der Waals surface area contributed by atoms with Crippen molar-refractivity contribution in [3.63, 3.8) is 0 Å². The van der Waals surface area contributed by atoms with Crippen LogP contribution in [0.25, 0.3) is 0 Å². The monoisotopic (exact) mass is 184 g/mol. The SMILES string of the molecule is CC(C)=CCC[C@](C)(O)C(C)(C)C. The molecule has 0 radical (unpaired) electrons. The molecule has 0 aliphatic heterocycles. The van der Waals surface area contributed by atoms with E-state index in [2.05, 4.69) is 40.7 Å². The predicted octanol–water partition coefficient (Wildman–Crippen LogP) is 3.53. The van der Waals surface area contributed by atoms with Gasteiger partial charge in [-0.1, -0.05) is 32.4 Å². The highest BCUT2D eigenvalue weighted by Gasteiger charge is 2.33. The molecule has 13 heavy (non-hydrogen) atoms. The van der Waals surface area contributed by atoms with Crippen LogP contribution in [0.3, 0.4) is 0 Å². The van der Waals surface area contributed by atoms with Gasteiger partial charge in [-0.3, -0.25) is 0 Å². The Labute approximate surface area is 82.9 Å². The van der Waals surface area contributed by atoms with Crippen molar-refractivity contribution in [1.82, 2.24) is 0 Å². The van der Waals surface area contributed by atoms with Crippen LogP contribution in [0.4, 0.5) is 0 Å². The fourth-order valence-corrected chi connectivity index (χ4v) is 1.02. The molecule has 0 aromatic carbocycles. The molecule has 0 heterocycles. The number of aliphatic hydroxyl groups is 1. The third-order valence-corrected chi connectivity index (χ3v) is 2.80. The summed E-state index contributed by atoms with van der Waals surface area (Å²) >= 11 is 0. The van der Waals surface area contributed by atoms with E-state index in [1.54, 1.807) is 0 Å². The summed E-state index contributed by atoms with van der Waals surface area (Å²) in [6, 6.07) is 0. The van der Waals surface area contributed by atoms with Gasteiger partial charge >= 0.3 is 0 Å². The molecule has 0 fully saturated rings. The molecule has 0 bridgehead atoms. The highest BCUT2D eigenvalue weighted by Crippen LogP contribution is 2.33. The molecule has 0 amide bonds. The zero-order chi connectivity index (χ0) is 10.7. The summed E-state index contributed by atoms with van der Waals surface area (Å²) in [7, 11) is 0. The molecule has 0 saturated carbocycles. The van der Waals surface area contributed by atoms with E-state index in [0.717, 1.165) is 12.8 Å². The normalized spacial score (nSPS) is 16.5. The lowest BCUT2D eigenvalue weighted by atomic mass is 9.75. The number of hydrogen-bond acceptors (Lipinski definition) is 1. The van der Waals surface area contributed by atoms with E-state index in [0.29, 0.717) is 0 Å². The maximum absolute atomic E-state index is 10.1. The van der Waals surface area contributed by atoms with Crippen molar-refractivity contribution < 1.29 is 5.11 Å². The molecule has 1 heteroatoms. The smallest absolute Gasteiger partial charge is 0.0670 e. The van der Waals surface area contributed by atoms with Crippen molar-refractivity contribution in [1.29, 1.82) is 0 Å². The molecule has 0 aliphatic carbocycles. The van der Waals surface area contributed by atoms with Crippen molar-refractivity contribution in [2.24, 2.45) is 5.41 Å². The minimum absolute atomic E-state index is 0.0392. The summed E-state index contributed by atoms with van der Waals surface area (Å²) in [6.07, 6.45) is 3.98. The summed E-state index contributed by atoms with van der Waals surface area (Å²) < 4.78 is 0. The Hall–Kier alpha value is -0.300. The first-order valence-corrected chi connectivity index (χ1v) is 5.02. The Bertz CT molecular complexity index is 178. The van der Waals surface area contributed by atoms with Crippen LogP contribution < -0.4 is 0 Å². The van der Waals surface area contributed by atoms with Gasteiger partial charge in [0.1, 0.15) is 0 Å². The van der Waals surface area contributed by atoms with E-state index >= 15 is 0 Å². The van der Waals surface area contributed by atoms with Gasteiger partial charge in [-0.2, -0.15) is 0 Å². The largest absolute Gasteiger partial charge is 0.390 e. The minimum Gasteiger partial charge on any atom is -0.390 e. The molecule has 1 atom stereocenters. The van der Waals surface area contributed by atoms with Crippen molar-refractivity contribution >= 4 is 0 Å². The van der Waals surface area contributed by atoms with Gasteiger partial charge in [0.25, 0.3) is 0 Å². The maximum Gasteiger partial charge on any atom is 0.0670 e. The van der Waals surface area contributed by atoms with Crippen LogP contribution in [0.2, 0.25) is 0 Å². The van der Waals surface area contributed by atoms with Gasteiger partial charge in [0.05, 0.1) is 5.60 Å². The molecule has 0 saturated heterocycles. The average molecular weight is 184 g/mol. The van der Waals surface area contributed by atoms with Gasteiger partial charge in [-0.15, -0.1) is 0 Å². The molecule has 78 valence electrons. The molecule has 0 aliphatic rings. The van der Waals surface area contributed by atoms with Crippen LogP contribution in [-0.4, -0.2) is 10.7 Å². The van der Waals surface area contributed by atoms with Gasteiger partial charge in [-0.05, 0) is 39.0 Å². The van der Waals surface area contributed by atoms with Crippen LogP contribution in [0.5, 0.6) is 0 Å². The second-order valence-electron chi connectivity index (χ2n) is 5.34. The van der Waals surface area contributed by atoms with E-state index in [-0.39, 0.29) is 5.41 Å². The van der Waals surface area contributed by atoms with E-state index < -0.39 is 5.60 Å². The van der Waals surface area contributed by atoms with Crippen LogP contribution in [0.1, 0.15) is 54.4 Å². The molecule has 1 N–H and O–H groups in total. The Morgan fingerprint density at radius 3 is 1.92 bits per heavy atom. The fraction of sp³-hybridized carbons (Fsp3) is 0.833. The van der Waals surface area contributed by atoms with Gasteiger partial charge in [0.15, 0.2) is 0 Å². The van der Waals surface area contributed by atoms with Crippen LogP contribution in [-0.2, 0) is 0 Å². The van der Waals surface area contributed by atoms with Gasteiger partial charge in [0, 0.05) is 0 Å². The van der Waals surface area contributed by atoms with Gasteiger partial charge in [-0.25, -0.2) is 0 Å². The van der Waals surface area contributed by atoms with Crippen molar-refractivity contribution in [3.8, 4) is 0 Å². The summed E-state index contributed by atoms with van der Waals surface area (Å²) in [4.78, 5) is 0. The van der Waals surface area contributed by atoms with E-state index in [1.807, 2.05) is 6.92 Å². The lowest BCUT2D eigenvalue weighted by molar-refractivity contribution is -0.0471.